The average Bonchev–Trinajstić information content (AvgIpc) is 1.59. The lowest BCUT2D eigenvalue weighted by molar-refractivity contribution is -0.156. The zero-order chi connectivity index (χ0) is 89.9. The van der Waals surface area contributed by atoms with Gasteiger partial charge >= 0.3 is 17.9 Å². The number of amides is 3. The van der Waals surface area contributed by atoms with Crippen molar-refractivity contribution in [3.8, 4) is 45.0 Å². The summed E-state index contributed by atoms with van der Waals surface area (Å²) in [7, 11) is 3.49. The maximum absolute atomic E-state index is 14.5. The van der Waals surface area contributed by atoms with Crippen molar-refractivity contribution in [3.05, 3.63) is 115 Å². The van der Waals surface area contributed by atoms with Crippen molar-refractivity contribution in [1.82, 2.24) is 65.1 Å². The van der Waals surface area contributed by atoms with Gasteiger partial charge in [-0.25, -0.2) is 20.8 Å². The van der Waals surface area contributed by atoms with Gasteiger partial charge in [-0.05, 0) is 212 Å². The first-order valence-electron chi connectivity index (χ1n) is 46.6. The molecule has 14 atom stereocenters. The molecule has 127 heavy (non-hydrogen) atoms. The summed E-state index contributed by atoms with van der Waals surface area (Å²) in [5.74, 6) is -0.796. The van der Waals surface area contributed by atoms with Crippen LogP contribution in [0.25, 0.3) is 66.8 Å². The lowest BCUT2D eigenvalue weighted by Crippen LogP contribution is -2.61. The lowest BCUT2D eigenvalue weighted by Gasteiger charge is -2.41. The Hall–Kier alpha value is -8.46. The smallest absolute Gasteiger partial charge is 0.324 e. The molecule has 6 N–H and O–H groups in total. The van der Waals surface area contributed by atoms with Gasteiger partial charge in [0.15, 0.2) is 0 Å². The largest absolute Gasteiger partial charge is 0.481 e. The van der Waals surface area contributed by atoms with Crippen molar-refractivity contribution in [2.75, 3.05) is 93.1 Å². The van der Waals surface area contributed by atoms with Crippen LogP contribution in [0.4, 0.5) is 0 Å². The minimum atomic E-state index is -0.871. The van der Waals surface area contributed by atoms with E-state index in [9.17, 15) is 28.8 Å². The summed E-state index contributed by atoms with van der Waals surface area (Å²) < 4.78 is 40.2. The number of hydrazine groups is 2. The van der Waals surface area contributed by atoms with Gasteiger partial charge < -0.3 is 53.7 Å². The van der Waals surface area contributed by atoms with Gasteiger partial charge in [-0.2, -0.15) is 0 Å². The molecule has 6 aromatic heterocycles. The molecule has 8 aliphatic heterocycles. The highest BCUT2D eigenvalue weighted by molar-refractivity contribution is 7.10. The summed E-state index contributed by atoms with van der Waals surface area (Å²) >= 11 is 3.03. The van der Waals surface area contributed by atoms with Crippen molar-refractivity contribution >= 4 is 80.1 Å². The van der Waals surface area contributed by atoms with E-state index in [1.807, 2.05) is 27.7 Å². The number of nitrogens with one attached hydrogen (secondary N) is 3. The van der Waals surface area contributed by atoms with Gasteiger partial charge in [-0.15, -0.1) is 22.7 Å². The van der Waals surface area contributed by atoms with Gasteiger partial charge in [0, 0.05) is 136 Å². The maximum Gasteiger partial charge on any atom is 0.324 e. The number of carboxylic acids is 1. The van der Waals surface area contributed by atoms with Crippen LogP contribution in [0.3, 0.4) is 0 Å². The Kier molecular flexibility index (Phi) is 27.6. The molecule has 2 unspecified atom stereocenters. The van der Waals surface area contributed by atoms with E-state index in [4.69, 9.17) is 59.2 Å². The fourth-order valence-electron chi connectivity index (χ4n) is 20.6. The van der Waals surface area contributed by atoms with Crippen molar-refractivity contribution in [1.29, 1.82) is 0 Å². The van der Waals surface area contributed by atoms with Crippen LogP contribution in [0.1, 0.15) is 228 Å². The molecule has 14 heterocycles. The number of aromatic nitrogens is 6. The van der Waals surface area contributed by atoms with Gasteiger partial charge in [0.1, 0.15) is 18.1 Å². The van der Waals surface area contributed by atoms with Gasteiger partial charge in [0.2, 0.25) is 5.91 Å². The number of fused-ring (bicyclic) bond motifs is 12. The standard InChI is InChI=1S/C49H65N7O6S.C43H57N7O5S.C6H10O2/c1-9-55-40-13-12-32-19-35(40)37(44(55)36-20-33(22-50-43(36)30(5)60-8)31-14-17-54(18-15-31)34-23-61-24-34)21-49(6,7)26-62-48(59)38-11-10-16-56(53-38)47(58)42(29(4)46-51-39(32)25-63-46)52-45(57)41-27(2)28(41)3;1-7-49-36-11-10-28-17-31(36)33(39(49)32-18-29(20-45-38(32)26(3)53-6)27-12-15-48(16-13-27)30-21-54-22-30)19-43(4,5)24-55-42(52)34-9-8-14-50(47-34)41(51)37(44)25(2)40-46-35(28)23-56-40;1-3-4(2)5(3)6(7)8/h12-13,19-20,22,25,27-31,34,38,41-42,53H,9-11,14-18,21,23-24,26H2,1-8H3,(H,52,57);10-11,17-18,20,23,25-27,30,34,37,47H,7-9,12-16,19,21-22,24,44H2,1-6H3;3-5H,1-2H3,(H,7,8)/t27-,28+,29-,30-,38-,41?,42-;25-,26-,34-,37-;3-,4+,5?/m00./s1. The number of carboxylic acid groups (broad SMARTS) is 1. The first-order chi connectivity index (χ1) is 60.9. The third-order valence-electron chi connectivity index (χ3n) is 29.6. The van der Waals surface area contributed by atoms with Gasteiger partial charge in [-0.3, -0.25) is 58.6 Å². The first kappa shape index (κ1) is 91.8. The van der Waals surface area contributed by atoms with E-state index >= 15 is 0 Å². The predicted octanol–water partition coefficient (Wildman–Crippen LogP) is 14.4. The minimum Gasteiger partial charge on any atom is -0.481 e. The number of rotatable bonds is 15. The first-order valence-corrected chi connectivity index (χ1v) is 48.3. The summed E-state index contributed by atoms with van der Waals surface area (Å²) in [6.45, 7) is 39.5. The molecule has 3 amide bonds. The van der Waals surface area contributed by atoms with Crippen LogP contribution in [-0.4, -0.2) is 219 Å². The van der Waals surface area contributed by atoms with Crippen molar-refractivity contribution in [2.45, 2.75) is 246 Å². The Bertz CT molecular complexity index is 5350. The Labute approximate surface area is 755 Å². The van der Waals surface area contributed by atoms with Crippen LogP contribution in [-0.2, 0) is 83.1 Å². The number of thiazole rings is 2. The number of hydrogen-bond donors (Lipinski definition) is 5. The molecular formula is C98H132N14O13S2. The van der Waals surface area contributed by atoms with Crippen LogP contribution in [0, 0.1) is 46.3 Å². The summed E-state index contributed by atoms with van der Waals surface area (Å²) in [6.07, 6.45) is 11.7. The van der Waals surface area contributed by atoms with Crippen LogP contribution >= 0.6 is 22.7 Å². The van der Waals surface area contributed by atoms with Gasteiger partial charge in [0.05, 0.1) is 120 Å². The summed E-state index contributed by atoms with van der Waals surface area (Å²) in [5, 5.41) is 22.5. The maximum atomic E-state index is 14.5. The molecule has 2 saturated carbocycles. The summed E-state index contributed by atoms with van der Waals surface area (Å²) in [4.78, 5) is 105. The quantitative estimate of drug-likeness (QED) is 0.0595. The number of pyridine rings is 2. The van der Waals surface area contributed by atoms with E-state index < -0.39 is 46.9 Å². The highest BCUT2D eigenvalue weighted by Crippen LogP contribution is 2.50. The molecule has 2 aliphatic carbocycles. The van der Waals surface area contributed by atoms with Crippen LogP contribution in [0.5, 0.6) is 0 Å². The van der Waals surface area contributed by atoms with E-state index in [0.717, 1.165) is 180 Å². The highest BCUT2D eigenvalue weighted by atomic mass is 32.1. The molecule has 18 rings (SSSR count). The molecule has 6 saturated heterocycles. The Balaban J connectivity index is 0.000000172. The topological polar surface area (TPSA) is 315 Å². The number of ether oxygens (including phenoxy) is 6. The van der Waals surface area contributed by atoms with E-state index in [2.05, 4.69) is 176 Å². The number of carbonyl (C=O) groups is 6. The lowest BCUT2D eigenvalue weighted by atomic mass is 9.83. The average molecular weight is 1780 g/mol. The zero-order valence-corrected chi connectivity index (χ0v) is 78.6. The predicted molar refractivity (Wildman–Crippen MR) is 492 cm³/mol. The van der Waals surface area contributed by atoms with Crippen LogP contribution in [0.2, 0.25) is 0 Å². The Morgan fingerprint density at radius 3 is 1.38 bits per heavy atom. The highest BCUT2D eigenvalue weighted by Gasteiger charge is 2.51. The molecule has 8 aromatic rings. The number of hydrogen-bond acceptors (Lipinski definition) is 23. The number of piperidine rings is 2. The Morgan fingerprint density at radius 2 is 1.00 bits per heavy atom. The minimum absolute atomic E-state index is 0.0463. The summed E-state index contributed by atoms with van der Waals surface area (Å²) in [5.41, 5.74) is 29.0. The number of aryl methyl sites for hydroxylation is 2. The second-order valence-electron chi connectivity index (χ2n) is 39.4. The monoisotopic (exact) mass is 1780 g/mol. The molecule has 27 nitrogen and oxygen atoms in total. The molecule has 12 bridgehead atoms. The number of cyclic esters (lactones) is 2. The Morgan fingerprint density at radius 1 is 0.583 bits per heavy atom. The molecule has 0 radical (unpaired) electrons. The number of benzene rings is 2. The number of carbonyl (C=O) groups excluding carboxylic acids is 5. The fraction of sp³-hybridized carbons (Fsp3) is 0.612. The zero-order valence-electron chi connectivity index (χ0n) is 77.0. The number of nitrogens with two attached hydrogens (primary N) is 1. The SMILES string of the molecule is CCn1c(-c2cc(C3CCN(C4COC4)CC3)cnc2[C@H](C)OC)c2c3cc(ccc31)-c1csc(n1)[C@@H](C)[C@H](N)C(=O)N1CCC[C@H](N1)C(=O)OCC(C)(C)C2.CCn1c(-c2cc(C3CCN(C4COC4)CC3)cnc2[C@H](C)OC)c2c3cc(ccc31)-c1csc(n1)[C@@H](C)[C@H](NC(=O)C1[C@@H](C)[C@H]1C)C(=O)N1CCC[C@H](N1)C(=O)OCC(C)(C)C2.C[C@@H]1C(C(=O)O)[C@@H]1C. The van der Waals surface area contributed by atoms with Crippen molar-refractivity contribution < 1.29 is 62.3 Å². The van der Waals surface area contributed by atoms with Gasteiger partial charge in [-0.1, -0.05) is 81.4 Å². The van der Waals surface area contributed by atoms with Crippen molar-refractivity contribution in [2.24, 2.45) is 52.1 Å². The third-order valence-corrected chi connectivity index (χ3v) is 31.7. The number of esters is 2. The van der Waals surface area contributed by atoms with Crippen LogP contribution < -0.4 is 21.9 Å². The van der Waals surface area contributed by atoms with Gasteiger partial charge in [0.25, 0.3) is 11.8 Å². The number of methoxy groups -OCH3 is 2. The second kappa shape index (κ2) is 38.2. The number of likely N-dealkylation sites (tertiary alicyclic amines) is 2. The molecule has 10 aliphatic rings. The van der Waals surface area contributed by atoms with E-state index in [1.165, 1.54) is 54.9 Å². The molecule has 8 fully saturated rings. The van der Waals surface area contributed by atoms with E-state index in [1.54, 1.807) is 14.2 Å². The number of aliphatic carboxylic acids is 1. The molecule has 29 heteroatoms. The second-order valence-corrected chi connectivity index (χ2v) is 41.1. The fourth-order valence-corrected chi connectivity index (χ4v) is 22.4. The van der Waals surface area contributed by atoms with Crippen LogP contribution in [0.15, 0.2) is 71.7 Å². The number of nitrogens with zero attached hydrogens (tertiary/aromatic N) is 10. The third kappa shape index (κ3) is 19.0. The normalized spacial score (nSPS) is 27.5. The summed E-state index contributed by atoms with van der Waals surface area (Å²) in [6, 6.07) is 16.1. The van der Waals surface area contributed by atoms with E-state index in [-0.39, 0.29) is 84.7 Å². The molecule has 2 aromatic carbocycles. The molecule has 0 spiro atoms. The van der Waals surface area contributed by atoms with E-state index in [0.29, 0.717) is 87.4 Å². The molecule has 684 valence electrons. The van der Waals surface area contributed by atoms with Crippen molar-refractivity contribution in [3.63, 3.8) is 0 Å². The molecular weight excluding hydrogens is 1650 g/mol.